The molecule has 1 aliphatic heterocycles. The second-order valence-electron chi connectivity index (χ2n) is 14.8. The number of hydrogen-bond acceptors (Lipinski definition) is 3. The van der Waals surface area contributed by atoms with E-state index in [-0.39, 0.29) is 0 Å². The maximum absolute atomic E-state index is 6.69. The summed E-state index contributed by atoms with van der Waals surface area (Å²) in [6.07, 6.45) is 0. The van der Waals surface area contributed by atoms with Crippen LogP contribution in [-0.2, 0) is 5.41 Å². The first kappa shape index (κ1) is 31.0. The van der Waals surface area contributed by atoms with Crippen LogP contribution in [0.5, 0.6) is 11.5 Å². The van der Waals surface area contributed by atoms with Crippen molar-refractivity contribution in [3.63, 3.8) is 0 Å². The van der Waals surface area contributed by atoms with Crippen molar-refractivity contribution in [2.45, 2.75) is 5.41 Å². The summed E-state index contributed by atoms with van der Waals surface area (Å²) in [6, 6.07) is 72.0. The standard InChI is InChI=1S/C53H33NO2/c1-2-12-34(13-3-1)35-22-25-37(26-23-35)54(38-28-31-49-43(32-38)41-16-6-9-19-48(41)55-49)39-27-29-42-47(33-39)53(46-30-24-36-14-4-5-15-40(36)52(42)46)44-17-7-10-20-50(44)56-51-21-11-8-18-45(51)53/h1-33H. The van der Waals surface area contributed by atoms with E-state index in [0.717, 1.165) is 61.6 Å². The number of hydrogen-bond donors (Lipinski definition) is 0. The van der Waals surface area contributed by atoms with Crippen LogP contribution in [0.25, 0.3) is 55.0 Å². The van der Waals surface area contributed by atoms with E-state index in [9.17, 15) is 0 Å². The van der Waals surface area contributed by atoms with Crippen LogP contribution in [0.2, 0.25) is 0 Å². The molecular formula is C53H33NO2. The first-order chi connectivity index (χ1) is 27.8. The molecule has 0 saturated heterocycles. The Morgan fingerprint density at radius 3 is 1.79 bits per heavy atom. The molecular weight excluding hydrogens is 683 g/mol. The summed E-state index contributed by atoms with van der Waals surface area (Å²) in [7, 11) is 0. The largest absolute Gasteiger partial charge is 0.457 e. The van der Waals surface area contributed by atoms with Crippen LogP contribution in [0.1, 0.15) is 22.3 Å². The molecule has 3 nitrogen and oxygen atoms in total. The van der Waals surface area contributed by atoms with Crippen molar-refractivity contribution in [3.8, 4) is 33.8 Å². The Labute approximate surface area is 324 Å². The third kappa shape index (κ3) is 4.34. The van der Waals surface area contributed by atoms with E-state index in [4.69, 9.17) is 9.15 Å². The lowest BCUT2D eigenvalue weighted by molar-refractivity contribution is 0.436. The molecule has 0 amide bonds. The van der Waals surface area contributed by atoms with Crippen LogP contribution in [0, 0.1) is 0 Å². The van der Waals surface area contributed by atoms with Crippen molar-refractivity contribution >= 4 is 49.8 Å². The number of nitrogens with zero attached hydrogens (tertiary/aromatic N) is 1. The van der Waals surface area contributed by atoms with Crippen molar-refractivity contribution in [2.24, 2.45) is 0 Å². The highest BCUT2D eigenvalue weighted by Crippen LogP contribution is 2.63. The molecule has 0 bridgehead atoms. The van der Waals surface area contributed by atoms with Crippen molar-refractivity contribution in [1.29, 1.82) is 0 Å². The molecule has 9 aromatic carbocycles. The number of benzene rings is 9. The number of furan rings is 1. The second kappa shape index (κ2) is 11.8. The van der Waals surface area contributed by atoms with Gasteiger partial charge in [0.25, 0.3) is 0 Å². The average molecular weight is 716 g/mol. The van der Waals surface area contributed by atoms with Crippen LogP contribution in [0.3, 0.4) is 0 Å². The number of rotatable bonds is 4. The van der Waals surface area contributed by atoms with Crippen LogP contribution < -0.4 is 9.64 Å². The summed E-state index contributed by atoms with van der Waals surface area (Å²) in [5.74, 6) is 1.77. The van der Waals surface area contributed by atoms with E-state index >= 15 is 0 Å². The number of para-hydroxylation sites is 3. The fraction of sp³-hybridized carbons (Fsp3) is 0.0189. The lowest BCUT2D eigenvalue weighted by atomic mass is 9.66. The maximum atomic E-state index is 6.69. The van der Waals surface area contributed by atoms with Gasteiger partial charge >= 0.3 is 0 Å². The zero-order valence-corrected chi connectivity index (χ0v) is 30.3. The highest BCUT2D eigenvalue weighted by Gasteiger charge is 2.51. The first-order valence-corrected chi connectivity index (χ1v) is 19.2. The molecule has 1 spiro atoms. The van der Waals surface area contributed by atoms with Gasteiger partial charge < -0.3 is 14.1 Å². The minimum Gasteiger partial charge on any atom is -0.457 e. The van der Waals surface area contributed by atoms with Crippen molar-refractivity contribution in [3.05, 3.63) is 222 Å². The maximum Gasteiger partial charge on any atom is 0.135 e. The summed E-state index contributed by atoms with van der Waals surface area (Å²) in [5, 5.41) is 4.68. The smallest absolute Gasteiger partial charge is 0.135 e. The minimum atomic E-state index is -0.607. The van der Waals surface area contributed by atoms with Gasteiger partial charge in [0.15, 0.2) is 0 Å². The molecule has 0 saturated carbocycles. The normalized spacial score (nSPS) is 13.3. The van der Waals surface area contributed by atoms with Gasteiger partial charge in [-0.3, -0.25) is 0 Å². The van der Waals surface area contributed by atoms with Crippen LogP contribution in [-0.4, -0.2) is 0 Å². The average Bonchev–Trinajstić information content (AvgIpc) is 3.78. The second-order valence-corrected chi connectivity index (χ2v) is 14.8. The van der Waals surface area contributed by atoms with Gasteiger partial charge in [0, 0.05) is 39.0 Å². The first-order valence-electron chi connectivity index (χ1n) is 19.2. The van der Waals surface area contributed by atoms with Gasteiger partial charge in [-0.2, -0.15) is 0 Å². The highest BCUT2D eigenvalue weighted by atomic mass is 16.5. The fourth-order valence-corrected chi connectivity index (χ4v) is 9.53. The lowest BCUT2D eigenvalue weighted by Crippen LogP contribution is -2.32. The van der Waals surface area contributed by atoms with E-state index in [1.54, 1.807) is 0 Å². The third-order valence-corrected chi connectivity index (χ3v) is 11.9. The summed E-state index contributed by atoms with van der Waals surface area (Å²) >= 11 is 0. The van der Waals surface area contributed by atoms with E-state index in [0.29, 0.717) is 0 Å². The Morgan fingerprint density at radius 1 is 0.375 bits per heavy atom. The van der Waals surface area contributed by atoms with Gasteiger partial charge in [0.1, 0.15) is 22.7 Å². The van der Waals surface area contributed by atoms with Crippen LogP contribution >= 0.6 is 0 Å². The third-order valence-electron chi connectivity index (χ3n) is 11.9. The molecule has 1 aromatic heterocycles. The molecule has 0 unspecified atom stereocenters. The van der Waals surface area contributed by atoms with Crippen molar-refractivity contribution in [2.75, 3.05) is 4.90 Å². The molecule has 2 aliphatic rings. The van der Waals surface area contributed by atoms with Gasteiger partial charge in [-0.15, -0.1) is 0 Å². The number of ether oxygens (including phenoxy) is 1. The molecule has 0 radical (unpaired) electrons. The van der Waals surface area contributed by atoms with Gasteiger partial charge in [-0.1, -0.05) is 140 Å². The SMILES string of the molecule is c1ccc(-c2ccc(N(c3ccc4c(c3)C3(c5ccccc5Oc5ccccc53)c3ccc5ccccc5c3-4)c3ccc4oc5ccccc5c4c3)cc2)cc1. The minimum absolute atomic E-state index is 0.607. The molecule has 56 heavy (non-hydrogen) atoms. The Hall–Kier alpha value is -7.36. The molecule has 0 N–H and O–H groups in total. The van der Waals surface area contributed by atoms with Gasteiger partial charge in [0.2, 0.25) is 0 Å². The Bertz CT molecular complexity index is 3130. The topological polar surface area (TPSA) is 25.6 Å². The van der Waals surface area contributed by atoms with Gasteiger partial charge in [-0.05, 0) is 105 Å². The zero-order chi connectivity index (χ0) is 36.8. The Morgan fingerprint density at radius 2 is 0.982 bits per heavy atom. The van der Waals surface area contributed by atoms with Gasteiger partial charge in [-0.25, -0.2) is 0 Å². The molecule has 10 aromatic rings. The number of fused-ring (bicyclic) bond motifs is 14. The Balaban J connectivity index is 1.15. The van der Waals surface area contributed by atoms with E-state index in [2.05, 4.69) is 193 Å². The highest BCUT2D eigenvalue weighted by molar-refractivity contribution is 6.07. The van der Waals surface area contributed by atoms with Crippen molar-refractivity contribution in [1.82, 2.24) is 0 Å². The summed E-state index contributed by atoms with van der Waals surface area (Å²) in [5.41, 5.74) is 14.1. The van der Waals surface area contributed by atoms with E-state index in [1.807, 2.05) is 12.1 Å². The van der Waals surface area contributed by atoms with Gasteiger partial charge in [0.05, 0.1) is 5.41 Å². The number of anilines is 3. The molecule has 0 atom stereocenters. The molecule has 262 valence electrons. The molecule has 3 heteroatoms. The fourth-order valence-electron chi connectivity index (χ4n) is 9.53. The van der Waals surface area contributed by atoms with E-state index in [1.165, 1.54) is 44.2 Å². The monoisotopic (exact) mass is 715 g/mol. The Kier molecular flexibility index (Phi) is 6.55. The zero-order valence-electron chi connectivity index (χ0n) is 30.3. The van der Waals surface area contributed by atoms with Crippen molar-refractivity contribution < 1.29 is 9.15 Å². The predicted octanol–water partition coefficient (Wildman–Crippen LogP) is 14.3. The van der Waals surface area contributed by atoms with E-state index < -0.39 is 5.41 Å². The molecule has 1 aliphatic carbocycles. The summed E-state index contributed by atoms with van der Waals surface area (Å²) in [6.45, 7) is 0. The summed E-state index contributed by atoms with van der Waals surface area (Å²) in [4.78, 5) is 2.39. The molecule has 2 heterocycles. The molecule has 12 rings (SSSR count). The predicted molar refractivity (Wildman–Crippen MR) is 229 cm³/mol. The quantitative estimate of drug-likeness (QED) is 0.181. The van der Waals surface area contributed by atoms with Crippen LogP contribution in [0.4, 0.5) is 17.1 Å². The molecule has 0 fully saturated rings. The van der Waals surface area contributed by atoms with Crippen LogP contribution in [0.15, 0.2) is 205 Å². The lowest BCUT2D eigenvalue weighted by Gasteiger charge is -2.39. The summed E-state index contributed by atoms with van der Waals surface area (Å²) < 4.78 is 13.0.